The van der Waals surface area contributed by atoms with Crippen molar-refractivity contribution in [2.75, 3.05) is 13.1 Å². The third-order valence-corrected chi connectivity index (χ3v) is 2.83. The molecule has 0 atom stereocenters. The summed E-state index contributed by atoms with van der Waals surface area (Å²) < 4.78 is 0. The summed E-state index contributed by atoms with van der Waals surface area (Å²) in [5, 5.41) is 4.43. The van der Waals surface area contributed by atoms with E-state index in [0.717, 1.165) is 6.42 Å². The first-order chi connectivity index (χ1) is 7.15. The van der Waals surface area contributed by atoms with Gasteiger partial charge in [0.15, 0.2) is 5.78 Å². The molecule has 0 saturated heterocycles. The molecule has 1 aromatic heterocycles. The number of carbonyl (C=O) groups is 2. The number of hydrogen-bond donors (Lipinski definition) is 2. The van der Waals surface area contributed by atoms with Crippen LogP contribution in [0.15, 0.2) is 11.4 Å². The molecule has 1 rings (SSSR count). The summed E-state index contributed by atoms with van der Waals surface area (Å²) in [5.74, 6) is -0.159. The van der Waals surface area contributed by atoms with Crippen molar-refractivity contribution in [2.24, 2.45) is 5.73 Å². The minimum Gasteiger partial charge on any atom is -0.351 e. The van der Waals surface area contributed by atoms with Crippen molar-refractivity contribution in [3.8, 4) is 0 Å². The molecule has 4 nitrogen and oxygen atoms in total. The zero-order chi connectivity index (χ0) is 11.3. The Kier molecular flexibility index (Phi) is 6.96. The molecule has 0 unspecified atom stereocenters. The number of ketones is 1. The quantitative estimate of drug-likeness (QED) is 0.623. The minimum atomic E-state index is -0.138. The fourth-order valence-electron chi connectivity index (χ4n) is 1.03. The number of carbonyl (C=O) groups excluding carboxylic acids is 2. The predicted molar refractivity (Wildman–Crippen MR) is 67.6 cm³/mol. The van der Waals surface area contributed by atoms with Crippen molar-refractivity contribution < 1.29 is 9.59 Å². The molecular weight excluding hydrogens is 248 g/mol. The van der Waals surface area contributed by atoms with E-state index in [-0.39, 0.29) is 24.1 Å². The zero-order valence-corrected chi connectivity index (χ0v) is 10.6. The summed E-state index contributed by atoms with van der Waals surface area (Å²) in [5.41, 5.74) is 5.89. The Balaban J connectivity index is 0.00000225. The van der Waals surface area contributed by atoms with Crippen LogP contribution in [0.2, 0.25) is 0 Å². The fourth-order valence-corrected chi connectivity index (χ4v) is 1.89. The van der Waals surface area contributed by atoms with Crippen molar-refractivity contribution in [3.63, 3.8) is 0 Å². The number of amides is 1. The molecule has 0 saturated carbocycles. The van der Waals surface area contributed by atoms with Crippen molar-refractivity contribution >= 4 is 35.4 Å². The topological polar surface area (TPSA) is 72.2 Å². The van der Waals surface area contributed by atoms with Crippen LogP contribution in [0.3, 0.4) is 0 Å². The molecule has 0 aliphatic rings. The number of hydrogen-bond acceptors (Lipinski definition) is 4. The lowest BCUT2D eigenvalue weighted by molar-refractivity contribution is 0.0957. The molecular formula is C10H15ClN2O2S. The molecule has 0 aliphatic carbocycles. The average molecular weight is 263 g/mol. The summed E-state index contributed by atoms with van der Waals surface area (Å²) in [6.45, 7) is 2.62. The zero-order valence-electron chi connectivity index (χ0n) is 8.99. The van der Waals surface area contributed by atoms with Crippen LogP contribution in [-0.2, 0) is 0 Å². The smallest absolute Gasteiger partial charge is 0.261 e. The highest BCUT2D eigenvalue weighted by Gasteiger charge is 2.10. The van der Waals surface area contributed by atoms with Gasteiger partial charge >= 0.3 is 0 Å². The number of rotatable bonds is 5. The Morgan fingerprint density at radius 2 is 2.19 bits per heavy atom. The molecule has 0 bridgehead atoms. The molecule has 90 valence electrons. The molecule has 0 aliphatic heterocycles. The highest BCUT2D eigenvalue weighted by atomic mass is 35.5. The average Bonchev–Trinajstić information content (AvgIpc) is 2.66. The molecule has 0 fully saturated rings. The Labute approximate surface area is 105 Å². The number of Topliss-reactive ketones (excluding diaryl/α,β-unsaturated/α-hetero) is 1. The first kappa shape index (κ1) is 15.1. The Bertz CT molecular complexity index is 365. The normalized spacial score (nSPS) is 9.38. The maximum absolute atomic E-state index is 11.5. The van der Waals surface area contributed by atoms with E-state index < -0.39 is 0 Å². The summed E-state index contributed by atoms with van der Waals surface area (Å²) in [7, 11) is 0. The van der Waals surface area contributed by atoms with Crippen LogP contribution in [0.4, 0.5) is 0 Å². The van der Waals surface area contributed by atoms with Crippen LogP contribution < -0.4 is 11.1 Å². The van der Waals surface area contributed by atoms with E-state index in [9.17, 15) is 9.59 Å². The van der Waals surface area contributed by atoms with Gasteiger partial charge in [0.05, 0.1) is 4.88 Å². The molecule has 6 heteroatoms. The van der Waals surface area contributed by atoms with E-state index in [2.05, 4.69) is 5.32 Å². The molecule has 3 N–H and O–H groups in total. The fraction of sp³-hybridized carbons (Fsp3) is 0.400. The van der Waals surface area contributed by atoms with Gasteiger partial charge in [-0.15, -0.1) is 23.7 Å². The monoisotopic (exact) mass is 262 g/mol. The van der Waals surface area contributed by atoms with Gasteiger partial charge in [-0.1, -0.05) is 0 Å². The van der Waals surface area contributed by atoms with Gasteiger partial charge in [0.1, 0.15) is 0 Å². The van der Waals surface area contributed by atoms with Crippen molar-refractivity contribution in [2.45, 2.75) is 13.3 Å². The molecule has 0 radical (unpaired) electrons. The van der Waals surface area contributed by atoms with E-state index in [0.29, 0.717) is 23.5 Å². The van der Waals surface area contributed by atoms with E-state index in [1.807, 2.05) is 0 Å². The van der Waals surface area contributed by atoms with Crippen LogP contribution in [0, 0.1) is 0 Å². The van der Waals surface area contributed by atoms with Gasteiger partial charge < -0.3 is 11.1 Å². The highest BCUT2D eigenvalue weighted by molar-refractivity contribution is 7.12. The number of nitrogens with one attached hydrogen (secondary N) is 1. The summed E-state index contributed by atoms with van der Waals surface area (Å²) in [4.78, 5) is 23.1. The second kappa shape index (κ2) is 7.38. The van der Waals surface area contributed by atoms with Gasteiger partial charge in [0, 0.05) is 17.5 Å². The number of halogens is 1. The van der Waals surface area contributed by atoms with Gasteiger partial charge in [-0.05, 0) is 26.0 Å². The molecule has 1 amide bonds. The van der Waals surface area contributed by atoms with Crippen molar-refractivity contribution in [1.29, 1.82) is 0 Å². The molecule has 0 aromatic carbocycles. The standard InChI is InChI=1S/C10H14N2O2S.ClH/c1-7(13)8-5-9(15-6-8)10(14)12-4-2-3-11;/h5-6H,2-4,11H2,1H3,(H,12,14);1H. The molecule has 1 aromatic rings. The Morgan fingerprint density at radius 3 is 2.69 bits per heavy atom. The molecule has 1 heterocycles. The third-order valence-electron chi connectivity index (χ3n) is 1.90. The van der Waals surface area contributed by atoms with Crippen LogP contribution in [-0.4, -0.2) is 24.8 Å². The van der Waals surface area contributed by atoms with Crippen LogP contribution in [0.1, 0.15) is 33.4 Å². The third kappa shape index (κ3) is 4.30. The van der Waals surface area contributed by atoms with Gasteiger partial charge in [0.25, 0.3) is 5.91 Å². The van der Waals surface area contributed by atoms with Crippen LogP contribution in [0.25, 0.3) is 0 Å². The predicted octanol–water partition coefficient (Wildman–Crippen LogP) is 1.45. The lowest BCUT2D eigenvalue weighted by Gasteiger charge is -2.00. The Hall–Kier alpha value is -0.910. The molecule has 0 spiro atoms. The lowest BCUT2D eigenvalue weighted by Crippen LogP contribution is -2.25. The summed E-state index contributed by atoms with van der Waals surface area (Å²) in [6, 6.07) is 1.62. The highest BCUT2D eigenvalue weighted by Crippen LogP contribution is 2.14. The van der Waals surface area contributed by atoms with Crippen molar-refractivity contribution in [1.82, 2.24) is 5.32 Å². The Morgan fingerprint density at radius 1 is 1.50 bits per heavy atom. The van der Waals surface area contributed by atoms with Crippen LogP contribution >= 0.6 is 23.7 Å². The van der Waals surface area contributed by atoms with E-state index in [1.165, 1.54) is 18.3 Å². The second-order valence-electron chi connectivity index (χ2n) is 3.15. The van der Waals surface area contributed by atoms with Gasteiger partial charge in [0.2, 0.25) is 0 Å². The van der Waals surface area contributed by atoms with Crippen molar-refractivity contribution in [3.05, 3.63) is 21.9 Å². The minimum absolute atomic E-state index is 0. The maximum Gasteiger partial charge on any atom is 0.261 e. The van der Waals surface area contributed by atoms with Gasteiger partial charge in [-0.3, -0.25) is 9.59 Å². The largest absolute Gasteiger partial charge is 0.351 e. The van der Waals surface area contributed by atoms with E-state index >= 15 is 0 Å². The number of thiophene rings is 1. The first-order valence-corrected chi connectivity index (χ1v) is 5.61. The molecule has 16 heavy (non-hydrogen) atoms. The maximum atomic E-state index is 11.5. The van der Waals surface area contributed by atoms with Gasteiger partial charge in [-0.25, -0.2) is 0 Å². The summed E-state index contributed by atoms with van der Waals surface area (Å²) in [6.07, 6.45) is 0.761. The summed E-state index contributed by atoms with van der Waals surface area (Å²) >= 11 is 1.28. The van der Waals surface area contributed by atoms with E-state index in [1.54, 1.807) is 11.4 Å². The number of nitrogens with two attached hydrogens (primary N) is 1. The second-order valence-corrected chi connectivity index (χ2v) is 4.07. The van der Waals surface area contributed by atoms with E-state index in [4.69, 9.17) is 5.73 Å². The first-order valence-electron chi connectivity index (χ1n) is 4.73. The SMILES string of the molecule is CC(=O)c1csc(C(=O)NCCCN)c1.Cl. The lowest BCUT2D eigenvalue weighted by atomic mass is 10.2. The van der Waals surface area contributed by atoms with Gasteiger partial charge in [-0.2, -0.15) is 0 Å². The van der Waals surface area contributed by atoms with Crippen LogP contribution in [0.5, 0.6) is 0 Å².